The van der Waals surface area contributed by atoms with Crippen LogP contribution in [-0.2, 0) is 4.79 Å². The first-order valence-corrected chi connectivity index (χ1v) is 6.51. The molecule has 1 heterocycles. The van der Waals surface area contributed by atoms with Crippen molar-refractivity contribution in [1.82, 2.24) is 9.80 Å². The molecule has 1 saturated heterocycles. The van der Waals surface area contributed by atoms with Crippen LogP contribution in [0.1, 0.15) is 20.8 Å². The minimum atomic E-state index is -0.180. The Morgan fingerprint density at radius 3 is 2.25 bits per heavy atom. The number of hydrogen-bond donors (Lipinski definition) is 0. The molecule has 0 radical (unpaired) electrons. The van der Waals surface area contributed by atoms with Gasteiger partial charge in [0, 0.05) is 18.9 Å². The van der Waals surface area contributed by atoms with Crippen molar-refractivity contribution in [1.29, 1.82) is 0 Å². The van der Waals surface area contributed by atoms with Gasteiger partial charge in [0.05, 0.1) is 0 Å². The lowest BCUT2D eigenvalue weighted by Crippen LogP contribution is -2.40. The van der Waals surface area contributed by atoms with Gasteiger partial charge in [-0.15, -0.1) is 0 Å². The first kappa shape index (κ1) is 13.5. The lowest BCUT2D eigenvalue weighted by atomic mass is 9.82. The van der Waals surface area contributed by atoms with Crippen LogP contribution in [0.15, 0.2) is 0 Å². The largest absolute Gasteiger partial charge is 0.326 e. The van der Waals surface area contributed by atoms with E-state index in [2.05, 4.69) is 36.7 Å². The Hall–Kier alpha value is -0.580. The summed E-state index contributed by atoms with van der Waals surface area (Å²) < 4.78 is 0. The molecule has 1 unspecified atom stereocenters. The highest BCUT2D eigenvalue weighted by Crippen LogP contribution is 2.29. The van der Waals surface area contributed by atoms with Crippen molar-refractivity contribution in [3.05, 3.63) is 0 Å². The zero-order chi connectivity index (χ0) is 12.5. The number of carbonyl (C=O) groups excluding carboxylic acids is 2. The van der Waals surface area contributed by atoms with Gasteiger partial charge in [-0.05, 0) is 11.3 Å². The maximum atomic E-state index is 11.7. The number of imide groups is 1. The fourth-order valence-corrected chi connectivity index (χ4v) is 2.80. The topological polar surface area (TPSA) is 40.6 Å². The first-order chi connectivity index (χ1) is 7.27. The molecule has 0 N–H and O–H groups in total. The number of halogens is 1. The van der Waals surface area contributed by atoms with E-state index in [-0.39, 0.29) is 29.8 Å². The van der Waals surface area contributed by atoms with Gasteiger partial charge >= 0.3 is 6.03 Å². The summed E-state index contributed by atoms with van der Waals surface area (Å²) in [6, 6.07) is -0.180. The Morgan fingerprint density at radius 2 is 1.94 bits per heavy atom. The number of carbonyl (C=O) groups is 2. The van der Waals surface area contributed by atoms with Crippen LogP contribution in [-0.4, -0.2) is 47.2 Å². The molecule has 0 bridgehead atoms. The van der Waals surface area contributed by atoms with Gasteiger partial charge in [-0.3, -0.25) is 9.69 Å². The van der Waals surface area contributed by atoms with E-state index in [4.69, 9.17) is 0 Å². The zero-order valence-electron chi connectivity index (χ0n) is 10.3. The number of likely N-dealkylation sites (N-methyl/N-ethyl adjacent to an activating group) is 1. The van der Waals surface area contributed by atoms with E-state index in [0.717, 1.165) is 5.33 Å². The van der Waals surface area contributed by atoms with Crippen molar-refractivity contribution in [2.75, 3.05) is 25.5 Å². The van der Waals surface area contributed by atoms with Crippen molar-refractivity contribution >= 4 is 27.9 Å². The van der Waals surface area contributed by atoms with Crippen molar-refractivity contribution in [2.24, 2.45) is 11.3 Å². The smallest absolute Gasteiger partial charge is 0.318 e. The van der Waals surface area contributed by atoms with Gasteiger partial charge in [-0.25, -0.2) is 4.79 Å². The van der Waals surface area contributed by atoms with E-state index < -0.39 is 0 Å². The maximum absolute atomic E-state index is 11.7. The fourth-order valence-electron chi connectivity index (χ4n) is 1.62. The molecule has 16 heavy (non-hydrogen) atoms. The maximum Gasteiger partial charge on any atom is 0.326 e. The summed E-state index contributed by atoms with van der Waals surface area (Å²) in [5.41, 5.74) is 0.0746. The minimum Gasteiger partial charge on any atom is -0.318 e. The predicted octanol–water partition coefficient (Wildman–Crippen LogP) is 1.94. The molecule has 1 aliphatic rings. The molecule has 0 aromatic rings. The van der Waals surface area contributed by atoms with Crippen LogP contribution in [0.4, 0.5) is 4.79 Å². The van der Waals surface area contributed by atoms with Crippen LogP contribution >= 0.6 is 15.9 Å². The van der Waals surface area contributed by atoms with Crippen LogP contribution < -0.4 is 0 Å². The Kier molecular flexibility index (Phi) is 3.99. The standard InChI is InChI=1S/C11H19BrN2O2/c1-11(2,3)8(5-12)6-14-9(15)7-13(4)10(14)16/h8H,5-7H2,1-4H3. The molecule has 1 fully saturated rings. The third-order valence-corrected chi connectivity index (χ3v) is 3.83. The Bertz CT molecular complexity index is 299. The average molecular weight is 291 g/mol. The second-order valence-electron chi connectivity index (χ2n) is 5.36. The highest BCUT2D eigenvalue weighted by atomic mass is 79.9. The van der Waals surface area contributed by atoms with Crippen LogP contribution in [0.25, 0.3) is 0 Å². The van der Waals surface area contributed by atoms with E-state index in [1.165, 1.54) is 9.80 Å². The van der Waals surface area contributed by atoms with Crippen LogP contribution in [0, 0.1) is 11.3 Å². The Balaban J connectivity index is 2.73. The van der Waals surface area contributed by atoms with Gasteiger partial charge in [-0.1, -0.05) is 36.7 Å². The number of urea groups is 1. The molecule has 0 aliphatic carbocycles. The molecule has 1 atom stereocenters. The van der Waals surface area contributed by atoms with E-state index in [9.17, 15) is 9.59 Å². The molecule has 1 aliphatic heterocycles. The first-order valence-electron chi connectivity index (χ1n) is 5.38. The molecule has 0 spiro atoms. The molecule has 3 amide bonds. The molecular weight excluding hydrogens is 272 g/mol. The van der Waals surface area contributed by atoms with Crippen molar-refractivity contribution < 1.29 is 9.59 Å². The molecule has 92 valence electrons. The van der Waals surface area contributed by atoms with E-state index in [1.807, 2.05) is 0 Å². The molecule has 5 heteroatoms. The summed E-state index contributed by atoms with van der Waals surface area (Å²) in [5, 5.41) is 0.789. The third-order valence-electron chi connectivity index (χ3n) is 3.04. The highest BCUT2D eigenvalue weighted by Gasteiger charge is 2.37. The van der Waals surface area contributed by atoms with E-state index in [1.54, 1.807) is 7.05 Å². The quantitative estimate of drug-likeness (QED) is 0.589. The van der Waals surface area contributed by atoms with Gasteiger partial charge in [0.2, 0.25) is 5.91 Å². The second kappa shape index (κ2) is 4.73. The predicted molar refractivity (Wildman–Crippen MR) is 66.5 cm³/mol. The van der Waals surface area contributed by atoms with Crippen molar-refractivity contribution in [3.8, 4) is 0 Å². The number of alkyl halides is 1. The fraction of sp³-hybridized carbons (Fsp3) is 0.818. The molecule has 4 nitrogen and oxygen atoms in total. The van der Waals surface area contributed by atoms with Crippen LogP contribution in [0.2, 0.25) is 0 Å². The normalized spacial score (nSPS) is 19.6. The summed E-state index contributed by atoms with van der Waals surface area (Å²) in [7, 11) is 1.65. The van der Waals surface area contributed by atoms with Crippen LogP contribution in [0.5, 0.6) is 0 Å². The monoisotopic (exact) mass is 290 g/mol. The Labute approximate surface area is 105 Å². The molecular formula is C11H19BrN2O2. The summed E-state index contributed by atoms with van der Waals surface area (Å²) in [6.07, 6.45) is 0. The zero-order valence-corrected chi connectivity index (χ0v) is 11.9. The number of nitrogens with zero attached hydrogens (tertiary/aromatic N) is 2. The summed E-state index contributed by atoms with van der Waals surface area (Å²) >= 11 is 3.45. The lowest BCUT2D eigenvalue weighted by molar-refractivity contribution is -0.125. The van der Waals surface area contributed by atoms with Gasteiger partial charge in [-0.2, -0.15) is 0 Å². The molecule has 0 aromatic carbocycles. The SMILES string of the molecule is CN1CC(=O)N(CC(CBr)C(C)(C)C)C1=O. The number of amides is 3. The number of hydrogen-bond acceptors (Lipinski definition) is 2. The lowest BCUT2D eigenvalue weighted by Gasteiger charge is -2.31. The third kappa shape index (κ3) is 2.75. The summed E-state index contributed by atoms with van der Waals surface area (Å²) in [6.45, 7) is 7.06. The average Bonchev–Trinajstić information content (AvgIpc) is 2.37. The van der Waals surface area contributed by atoms with Crippen molar-refractivity contribution in [3.63, 3.8) is 0 Å². The van der Waals surface area contributed by atoms with Gasteiger partial charge in [0.25, 0.3) is 0 Å². The van der Waals surface area contributed by atoms with Crippen LogP contribution in [0.3, 0.4) is 0 Å². The van der Waals surface area contributed by atoms with Gasteiger partial charge < -0.3 is 4.90 Å². The van der Waals surface area contributed by atoms with Gasteiger partial charge in [0.1, 0.15) is 6.54 Å². The molecule has 0 saturated carbocycles. The summed E-state index contributed by atoms with van der Waals surface area (Å²) in [4.78, 5) is 26.1. The molecule has 0 aromatic heterocycles. The second-order valence-corrected chi connectivity index (χ2v) is 6.01. The Morgan fingerprint density at radius 1 is 1.38 bits per heavy atom. The highest BCUT2D eigenvalue weighted by molar-refractivity contribution is 9.09. The van der Waals surface area contributed by atoms with E-state index >= 15 is 0 Å². The van der Waals surface area contributed by atoms with Crippen molar-refractivity contribution in [2.45, 2.75) is 20.8 Å². The summed E-state index contributed by atoms with van der Waals surface area (Å²) in [5.74, 6) is 0.176. The van der Waals surface area contributed by atoms with E-state index in [0.29, 0.717) is 6.54 Å². The molecule has 1 rings (SSSR count). The number of rotatable bonds is 3. The van der Waals surface area contributed by atoms with Gasteiger partial charge in [0.15, 0.2) is 0 Å². The minimum absolute atomic E-state index is 0.0746.